The molecular formula is C15H16ClNO3. The van der Waals surface area contributed by atoms with Gasteiger partial charge in [0.2, 0.25) is 0 Å². The Morgan fingerprint density at radius 3 is 2.80 bits per heavy atom. The van der Waals surface area contributed by atoms with Crippen molar-refractivity contribution in [3.8, 4) is 0 Å². The largest absolute Gasteiger partial charge is 0.451 e. The molecule has 1 aliphatic rings. The van der Waals surface area contributed by atoms with Crippen LogP contribution in [0.3, 0.4) is 0 Å². The number of rotatable bonds is 2. The SMILES string of the molecule is CC1(NC(=O)c2cc3cc(Cl)ccc3o2)CCOCC1. The van der Waals surface area contributed by atoms with Crippen LogP contribution in [-0.2, 0) is 4.74 Å². The van der Waals surface area contributed by atoms with E-state index in [4.69, 9.17) is 20.8 Å². The minimum atomic E-state index is -0.230. The van der Waals surface area contributed by atoms with Gasteiger partial charge in [0.1, 0.15) is 5.58 Å². The predicted octanol–water partition coefficient (Wildman–Crippen LogP) is 3.39. The fraction of sp³-hybridized carbons (Fsp3) is 0.400. The zero-order valence-electron chi connectivity index (χ0n) is 11.2. The number of carbonyl (C=O) groups excluding carboxylic acids is 1. The lowest BCUT2D eigenvalue weighted by atomic mass is 9.92. The minimum absolute atomic E-state index is 0.193. The maximum Gasteiger partial charge on any atom is 0.287 e. The highest BCUT2D eigenvalue weighted by Gasteiger charge is 2.30. The van der Waals surface area contributed by atoms with Crippen molar-refractivity contribution in [1.82, 2.24) is 5.32 Å². The number of furan rings is 1. The second kappa shape index (κ2) is 5.11. The molecule has 2 heterocycles. The third kappa shape index (κ3) is 2.67. The van der Waals surface area contributed by atoms with Gasteiger partial charge in [0.15, 0.2) is 5.76 Å². The number of ether oxygens (including phenoxy) is 1. The van der Waals surface area contributed by atoms with Gasteiger partial charge in [0, 0.05) is 29.2 Å². The Kier molecular flexibility index (Phi) is 3.44. The van der Waals surface area contributed by atoms with Crippen molar-refractivity contribution in [2.75, 3.05) is 13.2 Å². The Hall–Kier alpha value is -1.52. The van der Waals surface area contributed by atoms with E-state index in [1.54, 1.807) is 24.3 Å². The van der Waals surface area contributed by atoms with Crippen LogP contribution >= 0.6 is 11.6 Å². The molecule has 1 fully saturated rings. The van der Waals surface area contributed by atoms with Gasteiger partial charge in [-0.25, -0.2) is 0 Å². The molecule has 1 aliphatic heterocycles. The summed E-state index contributed by atoms with van der Waals surface area (Å²) in [6, 6.07) is 7.02. The van der Waals surface area contributed by atoms with Crippen LogP contribution in [0.2, 0.25) is 5.02 Å². The Bertz CT molecular complexity index is 644. The molecule has 2 aromatic rings. The molecule has 106 valence electrons. The molecule has 0 atom stereocenters. The summed E-state index contributed by atoms with van der Waals surface area (Å²) in [6.07, 6.45) is 1.62. The number of carbonyl (C=O) groups is 1. The van der Waals surface area contributed by atoms with E-state index in [0.717, 1.165) is 18.2 Å². The van der Waals surface area contributed by atoms with Crippen molar-refractivity contribution in [1.29, 1.82) is 0 Å². The average Bonchev–Trinajstić information content (AvgIpc) is 2.82. The number of nitrogens with one attached hydrogen (secondary N) is 1. The number of benzene rings is 1. The number of halogens is 1. The van der Waals surface area contributed by atoms with Gasteiger partial charge in [-0.3, -0.25) is 4.79 Å². The van der Waals surface area contributed by atoms with Crippen LogP contribution < -0.4 is 5.32 Å². The minimum Gasteiger partial charge on any atom is -0.451 e. The highest BCUT2D eigenvalue weighted by molar-refractivity contribution is 6.31. The molecule has 20 heavy (non-hydrogen) atoms. The summed E-state index contributed by atoms with van der Waals surface area (Å²) in [5.41, 5.74) is 0.433. The standard InChI is InChI=1S/C15H16ClNO3/c1-15(4-6-19-7-5-15)17-14(18)13-9-10-8-11(16)2-3-12(10)20-13/h2-3,8-9H,4-7H2,1H3,(H,17,18). The third-order valence-electron chi connectivity index (χ3n) is 3.71. The van der Waals surface area contributed by atoms with E-state index in [1.165, 1.54) is 0 Å². The number of amides is 1. The number of hydrogen-bond donors (Lipinski definition) is 1. The van der Waals surface area contributed by atoms with Gasteiger partial charge < -0.3 is 14.5 Å². The van der Waals surface area contributed by atoms with E-state index < -0.39 is 0 Å². The van der Waals surface area contributed by atoms with Gasteiger partial charge in [0.25, 0.3) is 5.91 Å². The normalized spacial score (nSPS) is 18.1. The van der Waals surface area contributed by atoms with Crippen LogP contribution in [0.4, 0.5) is 0 Å². The predicted molar refractivity (Wildman–Crippen MR) is 77.1 cm³/mol. The second-order valence-corrected chi connectivity index (χ2v) is 5.86. The monoisotopic (exact) mass is 293 g/mol. The summed E-state index contributed by atoms with van der Waals surface area (Å²) < 4.78 is 10.9. The Labute approximate surface area is 122 Å². The lowest BCUT2D eigenvalue weighted by Gasteiger charge is -2.34. The van der Waals surface area contributed by atoms with Crippen molar-refractivity contribution in [2.45, 2.75) is 25.3 Å². The maximum atomic E-state index is 12.3. The van der Waals surface area contributed by atoms with Crippen molar-refractivity contribution in [3.63, 3.8) is 0 Å². The first-order valence-electron chi connectivity index (χ1n) is 6.65. The Morgan fingerprint density at radius 2 is 2.05 bits per heavy atom. The van der Waals surface area contributed by atoms with E-state index in [9.17, 15) is 4.79 Å². The van der Waals surface area contributed by atoms with Crippen molar-refractivity contribution in [2.24, 2.45) is 0 Å². The molecule has 0 unspecified atom stereocenters. The first-order valence-corrected chi connectivity index (χ1v) is 7.03. The van der Waals surface area contributed by atoms with E-state index in [0.29, 0.717) is 29.6 Å². The second-order valence-electron chi connectivity index (χ2n) is 5.42. The van der Waals surface area contributed by atoms with Crippen LogP contribution in [-0.4, -0.2) is 24.7 Å². The zero-order valence-corrected chi connectivity index (χ0v) is 12.0. The van der Waals surface area contributed by atoms with Gasteiger partial charge in [-0.15, -0.1) is 0 Å². The lowest BCUT2D eigenvalue weighted by molar-refractivity contribution is 0.0415. The average molecular weight is 294 g/mol. The molecule has 0 bridgehead atoms. The van der Waals surface area contributed by atoms with Gasteiger partial charge in [-0.1, -0.05) is 11.6 Å². The third-order valence-corrected chi connectivity index (χ3v) is 3.95. The summed E-state index contributed by atoms with van der Waals surface area (Å²) in [4.78, 5) is 12.3. The summed E-state index contributed by atoms with van der Waals surface area (Å²) in [6.45, 7) is 3.38. The molecule has 0 radical (unpaired) electrons. The van der Waals surface area contributed by atoms with E-state index in [2.05, 4.69) is 5.32 Å². The van der Waals surface area contributed by atoms with Crippen LogP contribution in [0.25, 0.3) is 11.0 Å². The Balaban J connectivity index is 1.81. The smallest absolute Gasteiger partial charge is 0.287 e. The molecular weight excluding hydrogens is 278 g/mol. The van der Waals surface area contributed by atoms with E-state index >= 15 is 0 Å². The van der Waals surface area contributed by atoms with E-state index in [-0.39, 0.29) is 11.4 Å². The molecule has 1 aromatic carbocycles. The highest BCUT2D eigenvalue weighted by atomic mass is 35.5. The molecule has 0 spiro atoms. The first kappa shape index (κ1) is 13.5. The highest BCUT2D eigenvalue weighted by Crippen LogP contribution is 2.25. The molecule has 1 saturated heterocycles. The molecule has 1 aromatic heterocycles. The fourth-order valence-electron chi connectivity index (χ4n) is 2.41. The first-order chi connectivity index (χ1) is 9.56. The molecule has 5 heteroatoms. The lowest BCUT2D eigenvalue weighted by Crippen LogP contribution is -2.49. The van der Waals surface area contributed by atoms with Crippen LogP contribution in [0.5, 0.6) is 0 Å². The topological polar surface area (TPSA) is 51.5 Å². The number of hydrogen-bond acceptors (Lipinski definition) is 3. The van der Waals surface area contributed by atoms with Crippen LogP contribution in [0.1, 0.15) is 30.3 Å². The Morgan fingerprint density at radius 1 is 1.30 bits per heavy atom. The van der Waals surface area contributed by atoms with Gasteiger partial charge in [0.05, 0.1) is 0 Å². The summed E-state index contributed by atoms with van der Waals surface area (Å²) in [5, 5.41) is 4.50. The van der Waals surface area contributed by atoms with E-state index in [1.807, 2.05) is 6.92 Å². The molecule has 1 N–H and O–H groups in total. The summed E-state index contributed by atoms with van der Waals surface area (Å²) in [7, 11) is 0. The molecule has 0 aliphatic carbocycles. The quantitative estimate of drug-likeness (QED) is 0.923. The molecule has 3 rings (SSSR count). The fourth-order valence-corrected chi connectivity index (χ4v) is 2.59. The van der Waals surface area contributed by atoms with Crippen LogP contribution in [0, 0.1) is 0 Å². The molecule has 1 amide bonds. The van der Waals surface area contributed by atoms with Crippen molar-refractivity contribution in [3.05, 3.63) is 35.0 Å². The van der Waals surface area contributed by atoms with Gasteiger partial charge >= 0.3 is 0 Å². The van der Waals surface area contributed by atoms with Crippen molar-refractivity contribution < 1.29 is 13.9 Å². The number of fused-ring (bicyclic) bond motifs is 1. The molecule has 4 nitrogen and oxygen atoms in total. The van der Waals surface area contributed by atoms with Gasteiger partial charge in [-0.05, 0) is 44.0 Å². The van der Waals surface area contributed by atoms with Crippen LogP contribution in [0.15, 0.2) is 28.7 Å². The zero-order chi connectivity index (χ0) is 14.2. The summed E-state index contributed by atoms with van der Waals surface area (Å²) in [5.74, 6) is 0.122. The summed E-state index contributed by atoms with van der Waals surface area (Å²) >= 11 is 5.93. The van der Waals surface area contributed by atoms with Crippen molar-refractivity contribution >= 4 is 28.5 Å². The molecule has 0 saturated carbocycles. The van der Waals surface area contributed by atoms with Gasteiger partial charge in [-0.2, -0.15) is 0 Å². The maximum absolute atomic E-state index is 12.3.